The first-order valence-electron chi connectivity index (χ1n) is 12.8. The monoisotopic (exact) mass is 528 g/mol. The van der Waals surface area contributed by atoms with Crippen molar-refractivity contribution in [3.63, 3.8) is 0 Å². The third kappa shape index (κ3) is 3.77. The Kier molecular flexibility index (Phi) is 6.75. The fourth-order valence-electron chi connectivity index (χ4n) is 6.61. The van der Waals surface area contributed by atoms with Gasteiger partial charge in [-0.2, -0.15) is 0 Å². The number of benzene rings is 1. The first kappa shape index (κ1) is 27.8. The van der Waals surface area contributed by atoms with Gasteiger partial charge in [0.1, 0.15) is 22.8 Å². The average Bonchev–Trinajstić information content (AvgIpc) is 2.80. The van der Waals surface area contributed by atoms with Gasteiger partial charge in [-0.25, -0.2) is 0 Å². The second kappa shape index (κ2) is 9.21. The van der Waals surface area contributed by atoms with Crippen LogP contribution < -0.4 is 5.32 Å². The zero-order chi connectivity index (χ0) is 28.5. The van der Waals surface area contributed by atoms with Crippen molar-refractivity contribution in [1.29, 1.82) is 0 Å². The highest BCUT2D eigenvalue weighted by atomic mass is 16.4. The Morgan fingerprint density at radius 3 is 2.37 bits per heavy atom. The fraction of sp³-hybridized carbons (Fsp3) is 0.536. The number of phenolic OH excluding ortho intramolecular Hbond substituents is 1. The lowest BCUT2D eigenvalue weighted by molar-refractivity contribution is -0.169. The normalized spacial score (nSPS) is 31.2. The standard InChI is InChI=1S/C28H36N2O8/c1-7-11-27(3,4)29-26(37)18-23(34)20(30(5)6)19-22(33)15-12(2)13-9-8-10-14(31)16(13)21(32)17(15)24(35)28(19,38)25(18)36/h8-10,12,15,19-20,22,31-33,36,38H,7,11H2,1-6H3,(H,29,37). The van der Waals surface area contributed by atoms with Gasteiger partial charge in [0.05, 0.1) is 23.6 Å². The van der Waals surface area contributed by atoms with Crippen molar-refractivity contribution in [2.45, 2.75) is 69.7 Å². The van der Waals surface area contributed by atoms with Crippen LogP contribution in [0.4, 0.5) is 0 Å². The van der Waals surface area contributed by atoms with Crippen molar-refractivity contribution >= 4 is 23.2 Å². The van der Waals surface area contributed by atoms with Crippen LogP contribution in [0.2, 0.25) is 0 Å². The molecule has 3 aliphatic rings. The van der Waals surface area contributed by atoms with Gasteiger partial charge in [-0.1, -0.05) is 32.4 Å². The third-order valence-corrected chi connectivity index (χ3v) is 8.30. The summed E-state index contributed by atoms with van der Waals surface area (Å²) in [7, 11) is 3.03. The molecule has 38 heavy (non-hydrogen) atoms. The Labute approximate surface area is 221 Å². The Balaban J connectivity index is 1.97. The summed E-state index contributed by atoms with van der Waals surface area (Å²) < 4.78 is 0. The Hall–Kier alpha value is -3.21. The maximum absolute atomic E-state index is 14.1. The largest absolute Gasteiger partial charge is 0.508 e. The van der Waals surface area contributed by atoms with Crippen LogP contribution in [-0.4, -0.2) is 85.3 Å². The fourth-order valence-corrected chi connectivity index (χ4v) is 6.61. The lowest BCUT2D eigenvalue weighted by Gasteiger charge is -2.53. The maximum atomic E-state index is 14.1. The van der Waals surface area contributed by atoms with E-state index in [0.29, 0.717) is 12.0 Å². The van der Waals surface area contributed by atoms with Gasteiger partial charge in [0.15, 0.2) is 11.4 Å². The van der Waals surface area contributed by atoms with Crippen molar-refractivity contribution in [3.8, 4) is 5.75 Å². The molecule has 0 bridgehead atoms. The number of hydrogen-bond acceptors (Lipinski definition) is 9. The summed E-state index contributed by atoms with van der Waals surface area (Å²) in [5.41, 5.74) is -4.30. The second-order valence-corrected chi connectivity index (χ2v) is 11.5. The molecule has 6 atom stereocenters. The zero-order valence-corrected chi connectivity index (χ0v) is 22.4. The summed E-state index contributed by atoms with van der Waals surface area (Å²) in [4.78, 5) is 42.5. The Morgan fingerprint density at radius 1 is 1.16 bits per heavy atom. The number of phenols is 1. The van der Waals surface area contributed by atoms with Crippen molar-refractivity contribution in [2.24, 2.45) is 11.8 Å². The molecule has 206 valence electrons. The van der Waals surface area contributed by atoms with Crippen LogP contribution >= 0.6 is 0 Å². The number of ketones is 2. The van der Waals surface area contributed by atoms with Crippen molar-refractivity contribution < 1.29 is 39.9 Å². The summed E-state index contributed by atoms with van der Waals surface area (Å²) in [5.74, 6) is -8.20. The first-order valence-corrected chi connectivity index (χ1v) is 12.8. The molecule has 0 radical (unpaired) electrons. The number of aromatic hydroxyl groups is 1. The van der Waals surface area contributed by atoms with Crippen molar-refractivity contribution in [2.75, 3.05) is 14.1 Å². The second-order valence-electron chi connectivity index (χ2n) is 11.5. The number of aliphatic hydroxyl groups is 4. The molecular formula is C28H36N2O8. The van der Waals surface area contributed by atoms with E-state index in [1.54, 1.807) is 32.9 Å². The molecule has 10 nitrogen and oxygen atoms in total. The highest BCUT2D eigenvalue weighted by Gasteiger charge is 2.68. The van der Waals surface area contributed by atoms with E-state index in [1.807, 2.05) is 6.92 Å². The number of nitrogens with one attached hydrogen (secondary N) is 1. The molecule has 0 aromatic heterocycles. The molecule has 1 saturated carbocycles. The zero-order valence-electron chi connectivity index (χ0n) is 22.4. The van der Waals surface area contributed by atoms with E-state index >= 15 is 0 Å². The number of rotatable bonds is 5. The smallest absolute Gasteiger partial charge is 0.258 e. The van der Waals surface area contributed by atoms with Gasteiger partial charge < -0.3 is 30.8 Å². The lowest BCUT2D eigenvalue weighted by atomic mass is 9.54. The molecule has 1 amide bonds. The molecule has 0 saturated heterocycles. The summed E-state index contributed by atoms with van der Waals surface area (Å²) in [6.45, 7) is 7.12. The van der Waals surface area contributed by atoms with E-state index in [2.05, 4.69) is 5.32 Å². The summed E-state index contributed by atoms with van der Waals surface area (Å²) in [6.07, 6.45) is -0.295. The van der Waals surface area contributed by atoms with E-state index in [0.717, 1.165) is 6.42 Å². The highest BCUT2D eigenvalue weighted by Crippen LogP contribution is 2.56. The van der Waals surface area contributed by atoms with E-state index in [4.69, 9.17) is 0 Å². The van der Waals surface area contributed by atoms with E-state index in [-0.39, 0.29) is 16.9 Å². The Morgan fingerprint density at radius 2 is 1.79 bits per heavy atom. The van der Waals surface area contributed by atoms with Gasteiger partial charge in [0.2, 0.25) is 5.78 Å². The quantitative estimate of drug-likeness (QED) is 0.312. The van der Waals surface area contributed by atoms with E-state index in [9.17, 15) is 39.9 Å². The van der Waals surface area contributed by atoms with Crippen molar-refractivity contribution in [1.82, 2.24) is 10.2 Å². The van der Waals surface area contributed by atoms with Crippen molar-refractivity contribution in [3.05, 3.63) is 46.2 Å². The van der Waals surface area contributed by atoms with Crippen LogP contribution in [0, 0.1) is 11.8 Å². The molecular weight excluding hydrogens is 492 g/mol. The van der Waals surface area contributed by atoms with Crippen LogP contribution in [0.1, 0.15) is 57.6 Å². The minimum Gasteiger partial charge on any atom is -0.508 e. The third-order valence-electron chi connectivity index (χ3n) is 8.30. The molecule has 10 heteroatoms. The van der Waals surface area contributed by atoms with Gasteiger partial charge in [0, 0.05) is 17.0 Å². The summed E-state index contributed by atoms with van der Waals surface area (Å²) in [6, 6.07) is 3.22. The number of aliphatic hydroxyl groups excluding tert-OH is 3. The number of fused-ring (bicyclic) bond motifs is 3. The SMILES string of the molecule is CCCC(C)(C)NC(=O)C1=C(O)C2(O)C(=O)C3=C(O)c4c(O)cccc4C(C)C3C(O)C2C(N(C)C)C1=O. The molecule has 0 aliphatic heterocycles. The van der Waals surface area contributed by atoms with Crippen LogP contribution in [0.25, 0.3) is 5.76 Å². The Bertz CT molecular complexity index is 1280. The predicted octanol–water partition coefficient (Wildman–Crippen LogP) is 1.71. The lowest BCUT2D eigenvalue weighted by Crippen LogP contribution is -2.70. The highest BCUT2D eigenvalue weighted by molar-refractivity contribution is 6.25. The molecule has 0 heterocycles. The maximum Gasteiger partial charge on any atom is 0.258 e. The topological polar surface area (TPSA) is 168 Å². The number of Topliss-reactive ketones (excluding diaryl/α,β-unsaturated/α-hetero) is 2. The minimum absolute atomic E-state index is 0.00681. The number of nitrogens with zero attached hydrogens (tertiary/aromatic N) is 1. The van der Waals surface area contributed by atoms with Crippen LogP contribution in [0.15, 0.2) is 35.1 Å². The van der Waals surface area contributed by atoms with Gasteiger partial charge in [-0.15, -0.1) is 0 Å². The summed E-state index contributed by atoms with van der Waals surface area (Å²) >= 11 is 0. The molecule has 1 fully saturated rings. The van der Waals surface area contributed by atoms with Gasteiger partial charge in [0.25, 0.3) is 5.91 Å². The molecule has 4 rings (SSSR count). The van der Waals surface area contributed by atoms with Gasteiger partial charge in [-0.3, -0.25) is 19.3 Å². The predicted molar refractivity (Wildman–Crippen MR) is 138 cm³/mol. The van der Waals surface area contributed by atoms with Crippen LogP contribution in [0.5, 0.6) is 5.75 Å². The number of carbonyl (C=O) groups excluding carboxylic acids is 3. The number of hydrogen-bond donors (Lipinski definition) is 6. The molecule has 1 aromatic rings. The van der Waals surface area contributed by atoms with Gasteiger partial charge in [-0.05, 0) is 51.9 Å². The molecule has 6 N–H and O–H groups in total. The molecule has 3 aliphatic carbocycles. The first-order chi connectivity index (χ1) is 17.6. The van der Waals surface area contributed by atoms with E-state index in [1.165, 1.54) is 25.1 Å². The summed E-state index contributed by atoms with van der Waals surface area (Å²) in [5, 5.41) is 59.2. The van der Waals surface area contributed by atoms with E-state index < -0.39 is 75.6 Å². The number of amides is 1. The minimum atomic E-state index is -2.88. The number of carbonyl (C=O) groups is 3. The van der Waals surface area contributed by atoms with Crippen LogP contribution in [-0.2, 0) is 14.4 Å². The molecule has 1 aromatic carbocycles. The number of likely N-dealkylation sites (N-methyl/N-ethyl adjacent to an activating group) is 1. The van der Waals surface area contributed by atoms with Crippen LogP contribution in [0.3, 0.4) is 0 Å². The molecule has 0 spiro atoms. The molecule has 6 unspecified atom stereocenters. The van der Waals surface area contributed by atoms with Gasteiger partial charge >= 0.3 is 0 Å². The average molecular weight is 529 g/mol.